The van der Waals surface area contributed by atoms with Gasteiger partial charge in [0.1, 0.15) is 5.82 Å². The number of halogens is 2. The molecule has 0 saturated carbocycles. The van der Waals surface area contributed by atoms with Crippen LogP contribution in [-0.2, 0) is 19.3 Å². The van der Waals surface area contributed by atoms with Gasteiger partial charge in [-0.25, -0.2) is 13.8 Å². The molecule has 3 N–H and O–H groups in total. The highest BCUT2D eigenvalue weighted by Crippen LogP contribution is 2.18. The molecule has 118 valence electrons. The van der Waals surface area contributed by atoms with Crippen LogP contribution in [0.4, 0.5) is 14.6 Å². The fourth-order valence-electron chi connectivity index (χ4n) is 2.46. The van der Waals surface area contributed by atoms with Gasteiger partial charge in [0.15, 0.2) is 11.6 Å². The van der Waals surface area contributed by atoms with Crippen molar-refractivity contribution in [3.8, 4) is 0 Å². The number of benzene rings is 1. The van der Waals surface area contributed by atoms with Crippen molar-refractivity contribution >= 4 is 5.82 Å². The zero-order valence-corrected chi connectivity index (χ0v) is 12.9. The molecule has 3 nitrogen and oxygen atoms in total. The molecule has 22 heavy (non-hydrogen) atoms. The number of nitrogens with two attached hydrogens (primary N) is 1. The molecule has 5 heteroatoms. The van der Waals surface area contributed by atoms with Gasteiger partial charge in [-0.05, 0) is 74.7 Å². The lowest BCUT2D eigenvalue weighted by molar-refractivity contribution is 0.496. The van der Waals surface area contributed by atoms with E-state index in [0.717, 1.165) is 23.4 Å². The summed E-state index contributed by atoms with van der Waals surface area (Å²) in [6.45, 7) is 2.65. The van der Waals surface area contributed by atoms with Crippen LogP contribution < -0.4 is 11.1 Å². The number of nitrogen functional groups attached to an aromatic ring is 1. The highest BCUT2D eigenvalue weighted by molar-refractivity contribution is 5.35. The van der Waals surface area contributed by atoms with Crippen LogP contribution in [0.15, 0.2) is 24.3 Å². The SMILES string of the molecule is CNCCc1cc(F)c(F)c(CCc2cc(C)cc(N)n2)c1. The summed E-state index contributed by atoms with van der Waals surface area (Å²) in [6.07, 6.45) is 1.58. The van der Waals surface area contributed by atoms with Crippen molar-refractivity contribution in [2.45, 2.75) is 26.2 Å². The van der Waals surface area contributed by atoms with Crippen LogP contribution >= 0.6 is 0 Å². The highest BCUT2D eigenvalue weighted by Gasteiger charge is 2.11. The van der Waals surface area contributed by atoms with E-state index < -0.39 is 11.6 Å². The number of nitrogens with zero attached hydrogens (tertiary/aromatic N) is 1. The maximum atomic E-state index is 13.9. The summed E-state index contributed by atoms with van der Waals surface area (Å²) in [4.78, 5) is 4.22. The molecule has 0 saturated heterocycles. The van der Waals surface area contributed by atoms with Crippen molar-refractivity contribution in [3.05, 3.63) is 58.3 Å². The number of nitrogens with one attached hydrogen (secondary N) is 1. The molecular weight excluding hydrogens is 284 g/mol. The molecule has 0 unspecified atom stereocenters. The van der Waals surface area contributed by atoms with Gasteiger partial charge in [0.25, 0.3) is 0 Å². The minimum atomic E-state index is -0.791. The Balaban J connectivity index is 2.15. The number of aryl methyl sites for hydroxylation is 3. The monoisotopic (exact) mass is 305 g/mol. The number of rotatable bonds is 6. The van der Waals surface area contributed by atoms with Crippen LogP contribution in [0.1, 0.15) is 22.4 Å². The summed E-state index contributed by atoms with van der Waals surface area (Å²) in [7, 11) is 1.83. The molecule has 0 bridgehead atoms. The molecule has 0 fully saturated rings. The maximum Gasteiger partial charge on any atom is 0.162 e. The Labute approximate surface area is 129 Å². The van der Waals surface area contributed by atoms with Crippen molar-refractivity contribution in [3.63, 3.8) is 0 Å². The van der Waals surface area contributed by atoms with E-state index in [9.17, 15) is 8.78 Å². The predicted molar refractivity (Wildman–Crippen MR) is 84.8 cm³/mol. The fraction of sp³-hybridized carbons (Fsp3) is 0.353. The summed E-state index contributed by atoms with van der Waals surface area (Å²) in [5, 5.41) is 3.00. The van der Waals surface area contributed by atoms with Gasteiger partial charge in [-0.15, -0.1) is 0 Å². The normalized spacial score (nSPS) is 10.9. The molecule has 0 aliphatic heterocycles. The van der Waals surface area contributed by atoms with E-state index in [4.69, 9.17) is 5.73 Å². The second-order valence-electron chi connectivity index (χ2n) is 5.47. The fourth-order valence-corrected chi connectivity index (χ4v) is 2.46. The molecule has 1 aromatic heterocycles. The third-order valence-corrected chi connectivity index (χ3v) is 3.52. The lowest BCUT2D eigenvalue weighted by Crippen LogP contribution is -2.11. The number of pyridine rings is 1. The molecular formula is C17H21F2N3. The second kappa shape index (κ2) is 7.31. The number of hydrogen-bond acceptors (Lipinski definition) is 3. The van der Waals surface area contributed by atoms with Crippen molar-refractivity contribution in [1.82, 2.24) is 10.3 Å². The Hall–Kier alpha value is -2.01. The van der Waals surface area contributed by atoms with E-state index >= 15 is 0 Å². The Kier molecular flexibility index (Phi) is 5.44. The topological polar surface area (TPSA) is 50.9 Å². The Morgan fingerprint density at radius 1 is 1.09 bits per heavy atom. The summed E-state index contributed by atoms with van der Waals surface area (Å²) in [5.41, 5.74) is 8.68. The van der Waals surface area contributed by atoms with E-state index in [2.05, 4.69) is 10.3 Å². The number of aromatic nitrogens is 1. The Morgan fingerprint density at radius 3 is 2.55 bits per heavy atom. The summed E-state index contributed by atoms with van der Waals surface area (Å²) < 4.78 is 27.6. The first-order valence-corrected chi connectivity index (χ1v) is 7.34. The highest BCUT2D eigenvalue weighted by atomic mass is 19.2. The largest absolute Gasteiger partial charge is 0.384 e. The Morgan fingerprint density at radius 2 is 1.86 bits per heavy atom. The first kappa shape index (κ1) is 16.4. The van der Waals surface area contributed by atoms with Gasteiger partial charge in [-0.1, -0.05) is 6.07 Å². The summed E-state index contributed by atoms with van der Waals surface area (Å²) in [6, 6.07) is 6.69. The minimum Gasteiger partial charge on any atom is -0.384 e. The molecule has 2 rings (SSSR count). The van der Waals surface area contributed by atoms with Crippen LogP contribution in [0.25, 0.3) is 0 Å². The summed E-state index contributed by atoms with van der Waals surface area (Å²) in [5.74, 6) is -1.11. The lowest BCUT2D eigenvalue weighted by Gasteiger charge is -2.09. The molecule has 1 heterocycles. The first-order chi connectivity index (χ1) is 10.5. The average molecular weight is 305 g/mol. The number of hydrogen-bond donors (Lipinski definition) is 2. The molecule has 0 aliphatic carbocycles. The summed E-state index contributed by atoms with van der Waals surface area (Å²) >= 11 is 0. The minimum absolute atomic E-state index is 0.382. The van der Waals surface area contributed by atoms with Gasteiger partial charge in [0.05, 0.1) is 0 Å². The van der Waals surface area contributed by atoms with Crippen LogP contribution in [-0.4, -0.2) is 18.6 Å². The van der Waals surface area contributed by atoms with Crippen molar-refractivity contribution in [1.29, 1.82) is 0 Å². The van der Waals surface area contributed by atoms with Gasteiger partial charge >= 0.3 is 0 Å². The van der Waals surface area contributed by atoms with Crippen LogP contribution in [0.5, 0.6) is 0 Å². The van der Waals surface area contributed by atoms with Crippen LogP contribution in [0, 0.1) is 18.6 Å². The third kappa shape index (κ3) is 4.24. The van der Waals surface area contributed by atoms with Crippen LogP contribution in [0.2, 0.25) is 0 Å². The molecule has 0 radical (unpaired) electrons. The predicted octanol–water partition coefficient (Wildman–Crippen LogP) is 2.80. The quantitative estimate of drug-likeness (QED) is 0.863. The van der Waals surface area contributed by atoms with Crippen molar-refractivity contribution in [2.24, 2.45) is 0 Å². The lowest BCUT2D eigenvalue weighted by atomic mass is 10.0. The number of anilines is 1. The first-order valence-electron chi connectivity index (χ1n) is 7.34. The zero-order valence-electron chi connectivity index (χ0n) is 12.9. The van der Waals surface area contributed by atoms with Gasteiger partial charge in [0, 0.05) is 5.69 Å². The molecule has 2 aromatic rings. The molecule has 0 aliphatic rings. The smallest absolute Gasteiger partial charge is 0.162 e. The molecule has 0 amide bonds. The molecule has 0 atom stereocenters. The number of likely N-dealkylation sites (N-methyl/N-ethyl adjacent to an activating group) is 1. The van der Waals surface area contributed by atoms with Crippen molar-refractivity contribution < 1.29 is 8.78 Å². The van der Waals surface area contributed by atoms with Gasteiger partial charge in [0.2, 0.25) is 0 Å². The third-order valence-electron chi connectivity index (χ3n) is 3.52. The van der Waals surface area contributed by atoms with E-state index in [1.54, 1.807) is 12.1 Å². The van der Waals surface area contributed by atoms with E-state index in [1.807, 2.05) is 20.0 Å². The van der Waals surface area contributed by atoms with Gasteiger partial charge < -0.3 is 11.1 Å². The van der Waals surface area contributed by atoms with Gasteiger partial charge in [-0.3, -0.25) is 0 Å². The molecule has 0 spiro atoms. The van der Waals surface area contributed by atoms with E-state index in [0.29, 0.717) is 30.6 Å². The van der Waals surface area contributed by atoms with E-state index in [-0.39, 0.29) is 0 Å². The zero-order chi connectivity index (χ0) is 16.1. The second-order valence-corrected chi connectivity index (χ2v) is 5.47. The molecule has 1 aromatic carbocycles. The maximum absolute atomic E-state index is 13.9. The van der Waals surface area contributed by atoms with Crippen molar-refractivity contribution in [2.75, 3.05) is 19.3 Å². The standard InChI is InChI=1S/C17H21F2N3/c1-11-7-14(22-16(20)8-11)4-3-13-9-12(5-6-21-2)10-15(18)17(13)19/h7-10,21H,3-6H2,1-2H3,(H2,20,22). The van der Waals surface area contributed by atoms with Crippen LogP contribution in [0.3, 0.4) is 0 Å². The van der Waals surface area contributed by atoms with E-state index in [1.165, 1.54) is 6.07 Å². The van der Waals surface area contributed by atoms with Gasteiger partial charge in [-0.2, -0.15) is 0 Å². The Bertz CT molecular complexity index is 636. The average Bonchev–Trinajstić information content (AvgIpc) is 2.46.